The first-order chi connectivity index (χ1) is 13.1. The maximum absolute atomic E-state index is 12.4. The topological polar surface area (TPSA) is 76.8 Å². The first-order valence-electron chi connectivity index (χ1n) is 9.83. The lowest BCUT2D eigenvalue weighted by molar-refractivity contribution is 0.248. The summed E-state index contributed by atoms with van der Waals surface area (Å²) < 4.78 is 4.07. The monoisotopic (exact) mass is 368 g/mol. The van der Waals surface area contributed by atoms with E-state index in [1.165, 1.54) is 6.42 Å². The third kappa shape index (κ3) is 4.40. The fourth-order valence-electron chi connectivity index (χ4n) is 3.78. The highest BCUT2D eigenvalue weighted by atomic mass is 16.2. The lowest BCUT2D eigenvalue weighted by atomic mass is 9.94. The zero-order valence-corrected chi connectivity index (χ0v) is 15.9. The molecule has 1 atom stereocenters. The normalized spacial score (nSPS) is 20.4. The SMILES string of the molecule is Cc1nccn1CC1(CNC(=O)Nc2ccnn2C[C@H]2CC=CCC2)CC1. The maximum atomic E-state index is 12.4. The number of rotatable bonds is 7. The largest absolute Gasteiger partial charge is 0.337 e. The van der Waals surface area contributed by atoms with Gasteiger partial charge in [0.05, 0.1) is 6.20 Å². The number of aryl methyl sites for hydroxylation is 1. The number of nitrogens with one attached hydrogen (secondary N) is 2. The minimum atomic E-state index is -0.158. The van der Waals surface area contributed by atoms with Crippen LogP contribution in [0.2, 0.25) is 0 Å². The van der Waals surface area contributed by atoms with Crippen molar-refractivity contribution in [2.75, 3.05) is 11.9 Å². The van der Waals surface area contributed by atoms with Crippen molar-refractivity contribution >= 4 is 11.8 Å². The van der Waals surface area contributed by atoms with E-state index in [2.05, 4.69) is 37.4 Å². The molecule has 0 bridgehead atoms. The van der Waals surface area contributed by atoms with Crippen molar-refractivity contribution in [2.24, 2.45) is 11.3 Å². The van der Waals surface area contributed by atoms with Gasteiger partial charge in [-0.1, -0.05) is 12.2 Å². The van der Waals surface area contributed by atoms with Crippen molar-refractivity contribution in [3.63, 3.8) is 0 Å². The molecule has 0 unspecified atom stereocenters. The van der Waals surface area contributed by atoms with Crippen LogP contribution in [0.25, 0.3) is 0 Å². The molecule has 2 amide bonds. The van der Waals surface area contributed by atoms with Crippen LogP contribution in [0, 0.1) is 18.3 Å². The summed E-state index contributed by atoms with van der Waals surface area (Å²) in [5.74, 6) is 2.37. The standard InChI is InChI=1S/C20H28N6O/c1-16-21-11-12-25(16)15-20(8-9-20)14-22-19(27)24-18-7-10-23-26(18)13-17-5-3-2-4-6-17/h2-3,7,10-12,17H,4-6,8-9,13-15H2,1H3,(H2,22,24,27)/t17-/m0/s1. The predicted molar refractivity (Wildman–Crippen MR) is 104 cm³/mol. The van der Waals surface area contributed by atoms with Crippen LogP contribution >= 0.6 is 0 Å². The molecule has 0 aromatic carbocycles. The van der Waals surface area contributed by atoms with E-state index in [9.17, 15) is 4.79 Å². The van der Waals surface area contributed by atoms with Gasteiger partial charge < -0.3 is 9.88 Å². The van der Waals surface area contributed by atoms with Crippen LogP contribution in [0.5, 0.6) is 0 Å². The molecule has 144 valence electrons. The number of imidazole rings is 1. The summed E-state index contributed by atoms with van der Waals surface area (Å²) in [4.78, 5) is 16.7. The van der Waals surface area contributed by atoms with Crippen LogP contribution in [-0.4, -0.2) is 31.9 Å². The number of hydrogen-bond acceptors (Lipinski definition) is 3. The fraction of sp³-hybridized carbons (Fsp3) is 0.550. The van der Waals surface area contributed by atoms with Gasteiger partial charge in [0.25, 0.3) is 0 Å². The molecule has 4 rings (SSSR count). The average molecular weight is 368 g/mol. The summed E-state index contributed by atoms with van der Waals surface area (Å²) >= 11 is 0. The fourth-order valence-corrected chi connectivity index (χ4v) is 3.78. The molecule has 1 saturated carbocycles. The Balaban J connectivity index is 1.28. The van der Waals surface area contributed by atoms with Gasteiger partial charge in [-0.3, -0.25) is 5.32 Å². The molecule has 2 heterocycles. The van der Waals surface area contributed by atoms with E-state index in [0.29, 0.717) is 12.5 Å². The van der Waals surface area contributed by atoms with Crippen LogP contribution < -0.4 is 10.6 Å². The van der Waals surface area contributed by atoms with Gasteiger partial charge in [-0.25, -0.2) is 14.5 Å². The Labute approximate surface area is 159 Å². The average Bonchev–Trinajstić information content (AvgIpc) is 3.13. The molecule has 0 spiro atoms. The molecule has 2 N–H and O–H groups in total. The summed E-state index contributed by atoms with van der Waals surface area (Å²) in [5, 5.41) is 10.4. The highest BCUT2D eigenvalue weighted by Crippen LogP contribution is 2.46. The molecular formula is C20H28N6O. The zero-order valence-electron chi connectivity index (χ0n) is 15.9. The van der Waals surface area contributed by atoms with Crippen LogP contribution in [0.4, 0.5) is 10.6 Å². The minimum Gasteiger partial charge on any atom is -0.337 e. The first-order valence-corrected chi connectivity index (χ1v) is 9.83. The van der Waals surface area contributed by atoms with Crippen molar-refractivity contribution in [2.45, 2.75) is 52.1 Å². The molecule has 0 aliphatic heterocycles. The highest BCUT2D eigenvalue weighted by Gasteiger charge is 2.43. The molecular weight excluding hydrogens is 340 g/mol. The molecule has 27 heavy (non-hydrogen) atoms. The van der Waals surface area contributed by atoms with E-state index in [-0.39, 0.29) is 11.4 Å². The number of hydrogen-bond donors (Lipinski definition) is 2. The smallest absolute Gasteiger partial charge is 0.320 e. The van der Waals surface area contributed by atoms with Gasteiger partial charge >= 0.3 is 6.03 Å². The van der Waals surface area contributed by atoms with Crippen molar-refractivity contribution in [1.82, 2.24) is 24.6 Å². The van der Waals surface area contributed by atoms with E-state index in [1.807, 2.05) is 30.1 Å². The van der Waals surface area contributed by atoms with Crippen molar-refractivity contribution in [3.05, 3.63) is 42.6 Å². The molecule has 2 aliphatic carbocycles. The number of carbonyl (C=O) groups excluding carboxylic acids is 1. The Morgan fingerprint density at radius 2 is 2.22 bits per heavy atom. The number of amides is 2. The second-order valence-corrected chi connectivity index (χ2v) is 7.96. The Kier molecular flexibility index (Phi) is 5.01. The third-order valence-corrected chi connectivity index (χ3v) is 5.78. The van der Waals surface area contributed by atoms with Gasteiger partial charge in [-0.05, 0) is 44.9 Å². The number of aromatic nitrogens is 4. The number of nitrogens with zero attached hydrogens (tertiary/aromatic N) is 4. The summed E-state index contributed by atoms with van der Waals surface area (Å²) in [6.07, 6.45) is 15.7. The molecule has 2 aromatic rings. The summed E-state index contributed by atoms with van der Waals surface area (Å²) in [6.45, 7) is 4.44. The van der Waals surface area contributed by atoms with Crippen LogP contribution in [0.3, 0.4) is 0 Å². The van der Waals surface area contributed by atoms with Crippen LogP contribution in [-0.2, 0) is 13.1 Å². The lowest BCUT2D eigenvalue weighted by Crippen LogP contribution is -2.36. The van der Waals surface area contributed by atoms with Crippen molar-refractivity contribution in [3.8, 4) is 0 Å². The van der Waals surface area contributed by atoms with E-state index in [1.54, 1.807) is 6.20 Å². The molecule has 2 aromatic heterocycles. The summed E-state index contributed by atoms with van der Waals surface area (Å²) in [7, 11) is 0. The van der Waals surface area contributed by atoms with Crippen molar-refractivity contribution in [1.29, 1.82) is 0 Å². The minimum absolute atomic E-state index is 0.158. The second-order valence-electron chi connectivity index (χ2n) is 7.96. The van der Waals surface area contributed by atoms with E-state index < -0.39 is 0 Å². The number of urea groups is 1. The Hall–Kier alpha value is -2.57. The second kappa shape index (κ2) is 7.58. The van der Waals surface area contributed by atoms with Gasteiger partial charge in [0.1, 0.15) is 11.6 Å². The predicted octanol–water partition coefficient (Wildman–Crippen LogP) is 3.35. The van der Waals surface area contributed by atoms with E-state index in [0.717, 1.165) is 50.4 Å². The van der Waals surface area contributed by atoms with Gasteiger partial charge in [0.2, 0.25) is 0 Å². The molecule has 7 heteroatoms. The number of anilines is 1. The van der Waals surface area contributed by atoms with E-state index in [4.69, 9.17) is 0 Å². The van der Waals surface area contributed by atoms with Crippen molar-refractivity contribution < 1.29 is 4.79 Å². The van der Waals surface area contributed by atoms with E-state index >= 15 is 0 Å². The molecule has 7 nitrogen and oxygen atoms in total. The van der Waals surface area contributed by atoms with Crippen LogP contribution in [0.15, 0.2) is 36.8 Å². The number of carbonyl (C=O) groups is 1. The number of allylic oxidation sites excluding steroid dienone is 2. The first kappa shape index (κ1) is 17.8. The van der Waals surface area contributed by atoms with Crippen LogP contribution in [0.1, 0.15) is 37.9 Å². The summed E-state index contributed by atoms with van der Waals surface area (Å²) in [5.41, 5.74) is 0.164. The Bertz CT molecular complexity index is 816. The molecule has 0 saturated heterocycles. The highest BCUT2D eigenvalue weighted by molar-refractivity contribution is 5.88. The van der Waals surface area contributed by atoms with Gasteiger partial charge in [0.15, 0.2) is 0 Å². The molecule has 0 radical (unpaired) electrons. The molecule has 1 fully saturated rings. The maximum Gasteiger partial charge on any atom is 0.320 e. The van der Waals surface area contributed by atoms with Gasteiger partial charge in [-0.2, -0.15) is 5.10 Å². The Morgan fingerprint density at radius 3 is 2.93 bits per heavy atom. The summed E-state index contributed by atoms with van der Waals surface area (Å²) in [6, 6.07) is 1.70. The quantitative estimate of drug-likeness (QED) is 0.736. The van der Waals surface area contributed by atoms with Gasteiger partial charge in [-0.15, -0.1) is 0 Å². The lowest BCUT2D eigenvalue weighted by Gasteiger charge is -2.20. The molecule has 2 aliphatic rings. The Morgan fingerprint density at radius 1 is 1.33 bits per heavy atom. The zero-order chi connectivity index (χ0) is 18.7. The van der Waals surface area contributed by atoms with Gasteiger partial charge in [0, 0.05) is 43.5 Å². The third-order valence-electron chi connectivity index (χ3n) is 5.78.